The molecule has 1 aliphatic rings. The maximum Gasteiger partial charge on any atom is 0.164 e. The van der Waals surface area contributed by atoms with Crippen molar-refractivity contribution in [2.24, 2.45) is 0 Å². The molecule has 0 unspecified atom stereocenters. The summed E-state index contributed by atoms with van der Waals surface area (Å²) in [6, 6.07) is 97.4. The van der Waals surface area contributed by atoms with Gasteiger partial charge in [0.2, 0.25) is 0 Å². The molecule has 0 N–H and O–H groups in total. The summed E-state index contributed by atoms with van der Waals surface area (Å²) in [7, 11) is 0. The molecule has 16 aromatic rings. The molecule has 0 aliphatic heterocycles. The summed E-state index contributed by atoms with van der Waals surface area (Å²) < 4.78 is 15.7. The first-order valence-electron chi connectivity index (χ1n) is 29.7. The zero-order chi connectivity index (χ0) is 57.4. The van der Waals surface area contributed by atoms with Crippen LogP contribution in [0.4, 0.5) is 0 Å². The van der Waals surface area contributed by atoms with Crippen LogP contribution in [0.3, 0.4) is 0 Å². The average molecular weight is 1110 g/mol. The standard InChI is InChI=1S/C81H52N4O2/c1-7-23-51(24-8-1)60-43-45-62(53-27-11-3-12-28-53)77-74(60)75-61(52-25-9-2-10-26-52)44-46-63(54-29-13-4-14-30-54)78(75)85(77)76-68(55-31-15-5-16-32-55)47-59(48-69(76)56-33-17-6-18-34-56)81-83-79(57-39-41-66-64-35-19-21-37-70(64)86-72(66)49-57)82-80(84-81)58-40-42-67-65-36-20-22-38-71(65)87-73(67)50-58/h1-9,11-25,27-50H,10,26H2. The molecule has 4 aromatic heterocycles. The van der Waals surface area contributed by atoms with Gasteiger partial charge in [-0.1, -0.05) is 243 Å². The average Bonchev–Trinajstić information content (AvgIpc) is 1.83. The molecule has 0 fully saturated rings. The smallest absolute Gasteiger partial charge is 0.164 e. The van der Waals surface area contributed by atoms with Crippen LogP contribution in [0.2, 0.25) is 0 Å². The second-order valence-corrected chi connectivity index (χ2v) is 22.4. The van der Waals surface area contributed by atoms with Gasteiger partial charge in [0.1, 0.15) is 22.3 Å². The predicted octanol–water partition coefficient (Wildman–Crippen LogP) is 21.8. The SMILES string of the molecule is C1=CCCC(c2ccc(-c3ccccc3)c3c2c2c(-c4ccccc4)ccc(-c4ccccc4)c2n3-c2c(-c3ccccc3)cc(-c3nc(-c4ccc5c(c4)oc4ccccc45)nc(-c4ccc5c(c4)oc4ccccc45)n3)cc2-c2ccccc2)=C1. The highest BCUT2D eigenvalue weighted by Crippen LogP contribution is 2.52. The van der Waals surface area contributed by atoms with Crippen molar-refractivity contribution in [3.8, 4) is 95.5 Å². The first-order chi connectivity index (χ1) is 43.1. The number of hydrogen-bond donors (Lipinski definition) is 0. The molecule has 0 radical (unpaired) electrons. The van der Waals surface area contributed by atoms with Gasteiger partial charge >= 0.3 is 0 Å². The first-order valence-corrected chi connectivity index (χ1v) is 29.7. The van der Waals surface area contributed by atoms with Crippen molar-refractivity contribution in [3.63, 3.8) is 0 Å². The Bertz CT molecular complexity index is 5240. The molecule has 0 saturated heterocycles. The van der Waals surface area contributed by atoms with E-state index in [-0.39, 0.29) is 0 Å². The highest BCUT2D eigenvalue weighted by atomic mass is 16.3. The summed E-state index contributed by atoms with van der Waals surface area (Å²) in [4.78, 5) is 16.4. The van der Waals surface area contributed by atoms with Crippen molar-refractivity contribution in [1.82, 2.24) is 19.5 Å². The lowest BCUT2D eigenvalue weighted by Gasteiger charge is -2.23. The molecule has 17 rings (SSSR count). The molecule has 0 spiro atoms. The number of hydrogen-bond acceptors (Lipinski definition) is 5. The van der Waals surface area contributed by atoms with E-state index in [1.807, 2.05) is 36.4 Å². The summed E-state index contributed by atoms with van der Waals surface area (Å²) in [6.45, 7) is 0. The van der Waals surface area contributed by atoms with Gasteiger partial charge in [0.05, 0.1) is 16.7 Å². The van der Waals surface area contributed by atoms with Crippen molar-refractivity contribution in [2.75, 3.05) is 0 Å². The number of furan rings is 2. The van der Waals surface area contributed by atoms with E-state index >= 15 is 0 Å². The zero-order valence-electron chi connectivity index (χ0n) is 47.2. The van der Waals surface area contributed by atoms with E-state index in [0.29, 0.717) is 17.5 Å². The van der Waals surface area contributed by atoms with Crippen LogP contribution in [0.15, 0.2) is 300 Å². The van der Waals surface area contributed by atoms with Gasteiger partial charge in [0, 0.05) is 71.3 Å². The molecular weight excluding hydrogens is 1060 g/mol. The normalized spacial score (nSPS) is 12.5. The third-order valence-electron chi connectivity index (χ3n) is 17.3. The number of para-hydroxylation sites is 2. The Labute approximate surface area is 502 Å². The van der Waals surface area contributed by atoms with Gasteiger partial charge in [-0.15, -0.1) is 0 Å². The predicted molar refractivity (Wildman–Crippen MR) is 359 cm³/mol. The van der Waals surface area contributed by atoms with Crippen molar-refractivity contribution in [3.05, 3.63) is 297 Å². The number of rotatable bonds is 10. The lowest BCUT2D eigenvalue weighted by atomic mass is 9.88. The molecule has 0 bridgehead atoms. The minimum atomic E-state index is 0.517. The molecule has 0 atom stereocenters. The number of nitrogens with zero attached hydrogens (tertiary/aromatic N) is 4. The Balaban J connectivity index is 1.02. The Morgan fingerprint density at radius 2 is 0.678 bits per heavy atom. The van der Waals surface area contributed by atoms with E-state index in [2.05, 4.69) is 259 Å². The molecule has 408 valence electrons. The molecule has 1 aliphatic carbocycles. The second-order valence-electron chi connectivity index (χ2n) is 22.4. The molecule has 6 nitrogen and oxygen atoms in total. The number of allylic oxidation sites excluding steroid dienone is 4. The fraction of sp³-hybridized carbons (Fsp3) is 0.0247. The van der Waals surface area contributed by atoms with Crippen LogP contribution in [0, 0.1) is 0 Å². The number of fused-ring (bicyclic) bond motifs is 9. The molecule has 6 heteroatoms. The van der Waals surface area contributed by atoms with E-state index in [1.54, 1.807) is 0 Å². The maximum absolute atomic E-state index is 6.52. The fourth-order valence-corrected chi connectivity index (χ4v) is 13.3. The molecular formula is C81H52N4O2. The van der Waals surface area contributed by atoms with Crippen molar-refractivity contribution in [2.45, 2.75) is 12.8 Å². The Kier molecular flexibility index (Phi) is 11.9. The highest BCUT2D eigenvalue weighted by molar-refractivity contribution is 6.25. The summed E-state index contributed by atoms with van der Waals surface area (Å²) in [5.41, 5.74) is 22.3. The van der Waals surface area contributed by atoms with Crippen molar-refractivity contribution in [1.29, 1.82) is 0 Å². The van der Waals surface area contributed by atoms with Crippen LogP contribution in [0.25, 0.3) is 167 Å². The van der Waals surface area contributed by atoms with Crippen LogP contribution in [0.1, 0.15) is 18.4 Å². The molecule has 87 heavy (non-hydrogen) atoms. The van der Waals surface area contributed by atoms with Crippen LogP contribution in [-0.4, -0.2) is 19.5 Å². The minimum Gasteiger partial charge on any atom is -0.456 e. The number of benzene rings is 12. The summed E-state index contributed by atoms with van der Waals surface area (Å²) >= 11 is 0. The molecule has 12 aromatic carbocycles. The summed E-state index contributed by atoms with van der Waals surface area (Å²) in [6.07, 6.45) is 8.73. The molecule has 0 saturated carbocycles. The van der Waals surface area contributed by atoms with E-state index in [0.717, 1.165) is 140 Å². The zero-order valence-corrected chi connectivity index (χ0v) is 47.2. The Morgan fingerprint density at radius 3 is 1.14 bits per heavy atom. The van der Waals surface area contributed by atoms with Crippen LogP contribution in [-0.2, 0) is 0 Å². The lowest BCUT2D eigenvalue weighted by molar-refractivity contribution is 0.668. The third-order valence-corrected chi connectivity index (χ3v) is 17.3. The molecule has 0 amide bonds. The van der Waals surface area contributed by atoms with E-state index < -0.39 is 0 Å². The van der Waals surface area contributed by atoms with Crippen LogP contribution >= 0.6 is 0 Å². The summed E-state index contributed by atoms with van der Waals surface area (Å²) in [5.74, 6) is 1.56. The lowest BCUT2D eigenvalue weighted by Crippen LogP contribution is -2.05. The third kappa shape index (κ3) is 8.52. The van der Waals surface area contributed by atoms with Gasteiger partial charge in [-0.05, 0) is 106 Å². The van der Waals surface area contributed by atoms with Crippen LogP contribution in [0.5, 0.6) is 0 Å². The highest BCUT2D eigenvalue weighted by Gasteiger charge is 2.30. The monoisotopic (exact) mass is 1110 g/mol. The topological polar surface area (TPSA) is 69.9 Å². The quantitative estimate of drug-likeness (QED) is 0.136. The Hall–Kier alpha value is -11.5. The maximum atomic E-state index is 6.52. The fourth-order valence-electron chi connectivity index (χ4n) is 13.3. The van der Waals surface area contributed by atoms with Crippen molar-refractivity contribution < 1.29 is 8.83 Å². The van der Waals surface area contributed by atoms with E-state index in [1.165, 1.54) is 27.5 Å². The van der Waals surface area contributed by atoms with Gasteiger partial charge in [-0.3, -0.25) is 0 Å². The Morgan fingerprint density at radius 1 is 0.299 bits per heavy atom. The largest absolute Gasteiger partial charge is 0.456 e. The van der Waals surface area contributed by atoms with E-state index in [9.17, 15) is 0 Å². The number of aromatic nitrogens is 4. The minimum absolute atomic E-state index is 0.517. The van der Waals surface area contributed by atoms with Gasteiger partial charge < -0.3 is 13.4 Å². The first kappa shape index (κ1) is 50.1. The van der Waals surface area contributed by atoms with Gasteiger partial charge in [-0.2, -0.15) is 0 Å². The van der Waals surface area contributed by atoms with Gasteiger partial charge in [0.15, 0.2) is 17.5 Å². The molecule has 4 heterocycles. The second kappa shape index (κ2) is 20.7. The van der Waals surface area contributed by atoms with Gasteiger partial charge in [-0.25, -0.2) is 15.0 Å². The van der Waals surface area contributed by atoms with E-state index in [4.69, 9.17) is 23.8 Å². The van der Waals surface area contributed by atoms with Crippen molar-refractivity contribution >= 4 is 71.3 Å². The van der Waals surface area contributed by atoms with Gasteiger partial charge in [0.25, 0.3) is 0 Å². The summed E-state index contributed by atoms with van der Waals surface area (Å²) in [5, 5.41) is 6.58. The van der Waals surface area contributed by atoms with Crippen LogP contribution < -0.4 is 0 Å².